The monoisotopic (exact) mass is 368 g/mol. The van der Waals surface area contributed by atoms with E-state index in [9.17, 15) is 9.59 Å². The minimum Gasteiger partial charge on any atom is -0.465 e. The minimum absolute atomic E-state index is 0.173. The summed E-state index contributed by atoms with van der Waals surface area (Å²) in [6.07, 6.45) is 10.6. The maximum Gasteiger partial charge on any atom is 0.310 e. The Labute approximate surface area is 160 Å². The Bertz CT molecular complexity index is 369. The summed E-state index contributed by atoms with van der Waals surface area (Å²) in [6, 6.07) is 0. The molecule has 0 aliphatic heterocycles. The van der Waals surface area contributed by atoms with Crippen molar-refractivity contribution in [2.24, 2.45) is 23.7 Å². The van der Waals surface area contributed by atoms with Crippen molar-refractivity contribution >= 4 is 11.9 Å². The van der Waals surface area contributed by atoms with E-state index in [4.69, 9.17) is 9.47 Å². The molecule has 1 fully saturated rings. The van der Waals surface area contributed by atoms with Crippen LogP contribution in [0, 0.1) is 23.7 Å². The smallest absolute Gasteiger partial charge is 0.310 e. The van der Waals surface area contributed by atoms with Gasteiger partial charge in [0, 0.05) is 0 Å². The van der Waals surface area contributed by atoms with Crippen molar-refractivity contribution in [1.29, 1.82) is 0 Å². The fourth-order valence-electron chi connectivity index (χ4n) is 3.95. The molecule has 152 valence electrons. The summed E-state index contributed by atoms with van der Waals surface area (Å²) in [5.41, 5.74) is 0. The van der Waals surface area contributed by atoms with Crippen LogP contribution < -0.4 is 0 Å². The van der Waals surface area contributed by atoms with Crippen molar-refractivity contribution in [3.8, 4) is 0 Å². The summed E-state index contributed by atoms with van der Waals surface area (Å²) >= 11 is 0. The number of hydrogen-bond acceptors (Lipinski definition) is 4. The van der Waals surface area contributed by atoms with Crippen LogP contribution in [0.2, 0.25) is 0 Å². The molecule has 4 atom stereocenters. The lowest BCUT2D eigenvalue weighted by molar-refractivity contribution is -0.168. The molecule has 1 rings (SSSR count). The van der Waals surface area contributed by atoms with Gasteiger partial charge in [0.1, 0.15) is 0 Å². The first-order valence-electron chi connectivity index (χ1n) is 10.9. The van der Waals surface area contributed by atoms with E-state index in [1.807, 2.05) is 0 Å². The molecule has 0 aromatic carbocycles. The van der Waals surface area contributed by atoms with Crippen LogP contribution in [0.5, 0.6) is 0 Å². The third kappa shape index (κ3) is 7.67. The molecule has 1 aliphatic rings. The second kappa shape index (κ2) is 13.2. The number of unbranched alkanes of at least 4 members (excludes halogenated alkanes) is 6. The number of esters is 2. The average Bonchev–Trinajstić information content (AvgIpc) is 2.62. The van der Waals surface area contributed by atoms with Gasteiger partial charge in [0.25, 0.3) is 0 Å². The molecule has 0 heterocycles. The second-order valence-corrected chi connectivity index (χ2v) is 8.04. The zero-order valence-corrected chi connectivity index (χ0v) is 17.4. The molecule has 4 nitrogen and oxygen atoms in total. The number of hydrogen-bond donors (Lipinski definition) is 0. The fraction of sp³-hybridized carbons (Fsp3) is 0.909. The zero-order chi connectivity index (χ0) is 19.4. The van der Waals surface area contributed by atoms with Crippen LogP contribution >= 0.6 is 0 Å². The third-order valence-corrected chi connectivity index (χ3v) is 5.72. The van der Waals surface area contributed by atoms with Crippen molar-refractivity contribution in [2.75, 3.05) is 13.2 Å². The molecule has 0 amide bonds. The van der Waals surface area contributed by atoms with E-state index in [1.54, 1.807) is 0 Å². The highest BCUT2D eigenvalue weighted by Crippen LogP contribution is 2.40. The van der Waals surface area contributed by atoms with Gasteiger partial charge < -0.3 is 9.47 Å². The lowest BCUT2D eigenvalue weighted by atomic mass is 9.67. The Morgan fingerprint density at radius 1 is 0.692 bits per heavy atom. The molecule has 0 saturated heterocycles. The van der Waals surface area contributed by atoms with E-state index in [0.29, 0.717) is 13.2 Å². The lowest BCUT2D eigenvalue weighted by Crippen LogP contribution is -2.43. The lowest BCUT2D eigenvalue weighted by Gasteiger charge is -2.37. The van der Waals surface area contributed by atoms with Crippen LogP contribution in [0.4, 0.5) is 0 Å². The van der Waals surface area contributed by atoms with E-state index in [1.165, 1.54) is 12.8 Å². The molecule has 0 bridgehead atoms. The number of rotatable bonds is 12. The molecular formula is C22H40O4. The van der Waals surface area contributed by atoms with Gasteiger partial charge in [-0.3, -0.25) is 9.59 Å². The van der Waals surface area contributed by atoms with Crippen molar-refractivity contribution < 1.29 is 19.1 Å². The molecule has 1 aliphatic carbocycles. The molecule has 0 radical (unpaired) electrons. The van der Waals surface area contributed by atoms with Gasteiger partial charge in [-0.2, -0.15) is 0 Å². The first kappa shape index (κ1) is 23.0. The zero-order valence-electron chi connectivity index (χ0n) is 17.4. The Hall–Kier alpha value is -1.06. The molecule has 0 aromatic heterocycles. The van der Waals surface area contributed by atoms with Gasteiger partial charge in [0.15, 0.2) is 0 Å². The van der Waals surface area contributed by atoms with Gasteiger partial charge in [0.2, 0.25) is 0 Å². The molecule has 1 saturated carbocycles. The van der Waals surface area contributed by atoms with Gasteiger partial charge >= 0.3 is 11.9 Å². The maximum atomic E-state index is 12.7. The highest BCUT2D eigenvalue weighted by atomic mass is 16.5. The van der Waals surface area contributed by atoms with E-state index < -0.39 is 0 Å². The molecule has 0 aromatic rings. The van der Waals surface area contributed by atoms with Gasteiger partial charge in [-0.1, -0.05) is 66.2 Å². The summed E-state index contributed by atoms with van der Waals surface area (Å²) in [7, 11) is 0. The number of carbonyl (C=O) groups excluding carboxylic acids is 2. The second-order valence-electron chi connectivity index (χ2n) is 8.04. The molecular weight excluding hydrogens is 328 g/mol. The predicted molar refractivity (Wildman–Crippen MR) is 105 cm³/mol. The standard InChI is InChI=1S/C22H40O4/c1-5-7-9-11-15-25-21(23)19-17(3)13-14-18(4)20(19)22(24)26-16-12-10-8-6-2/h17-20H,5-16H2,1-4H3. The molecule has 26 heavy (non-hydrogen) atoms. The van der Waals surface area contributed by atoms with Crippen molar-refractivity contribution in [3.05, 3.63) is 0 Å². The van der Waals surface area contributed by atoms with Gasteiger partial charge in [-0.25, -0.2) is 0 Å². The topological polar surface area (TPSA) is 52.6 Å². The molecule has 4 unspecified atom stereocenters. The van der Waals surface area contributed by atoms with Crippen molar-refractivity contribution in [3.63, 3.8) is 0 Å². The fourth-order valence-corrected chi connectivity index (χ4v) is 3.95. The largest absolute Gasteiger partial charge is 0.465 e. The molecule has 0 N–H and O–H groups in total. The summed E-state index contributed by atoms with van der Waals surface area (Å²) in [5.74, 6) is -0.762. The Balaban J connectivity index is 2.56. The molecule has 0 spiro atoms. The van der Waals surface area contributed by atoms with Crippen LogP contribution in [0.15, 0.2) is 0 Å². The quantitative estimate of drug-likeness (QED) is 0.335. The van der Waals surface area contributed by atoms with Crippen LogP contribution in [-0.4, -0.2) is 25.2 Å². The highest BCUT2D eigenvalue weighted by molar-refractivity contribution is 5.82. The van der Waals surface area contributed by atoms with Gasteiger partial charge in [-0.15, -0.1) is 0 Å². The Kier molecular flexibility index (Phi) is 11.6. The summed E-state index contributed by atoms with van der Waals surface area (Å²) in [5, 5.41) is 0. The summed E-state index contributed by atoms with van der Waals surface area (Å²) in [6.45, 7) is 9.39. The minimum atomic E-state index is -0.354. The predicted octanol–water partition coefficient (Wildman–Crippen LogP) is 5.53. The third-order valence-electron chi connectivity index (χ3n) is 5.72. The summed E-state index contributed by atoms with van der Waals surface area (Å²) in [4.78, 5) is 25.4. The maximum absolute atomic E-state index is 12.7. The van der Waals surface area contributed by atoms with Crippen LogP contribution in [0.1, 0.15) is 91.9 Å². The van der Waals surface area contributed by atoms with Crippen molar-refractivity contribution in [2.45, 2.75) is 91.9 Å². The van der Waals surface area contributed by atoms with Crippen LogP contribution in [-0.2, 0) is 19.1 Å². The van der Waals surface area contributed by atoms with Crippen molar-refractivity contribution in [1.82, 2.24) is 0 Å². The average molecular weight is 369 g/mol. The van der Waals surface area contributed by atoms with E-state index in [0.717, 1.165) is 51.4 Å². The number of ether oxygens (including phenoxy) is 2. The van der Waals surface area contributed by atoms with E-state index in [-0.39, 0.29) is 35.6 Å². The van der Waals surface area contributed by atoms with Crippen LogP contribution in [0.3, 0.4) is 0 Å². The first-order chi connectivity index (χ1) is 12.5. The Morgan fingerprint density at radius 2 is 1.08 bits per heavy atom. The SMILES string of the molecule is CCCCCCOC(=O)C1C(C)CCC(C)C1C(=O)OCCCCCC. The molecule has 4 heteroatoms. The Morgan fingerprint density at radius 3 is 1.42 bits per heavy atom. The highest BCUT2D eigenvalue weighted by Gasteiger charge is 2.45. The van der Waals surface area contributed by atoms with E-state index >= 15 is 0 Å². The summed E-state index contributed by atoms with van der Waals surface area (Å²) < 4.78 is 11.1. The van der Waals surface area contributed by atoms with Gasteiger partial charge in [-0.05, 0) is 37.5 Å². The normalized spacial score (nSPS) is 25.7. The first-order valence-corrected chi connectivity index (χ1v) is 10.9. The number of carbonyl (C=O) groups is 2. The van der Waals surface area contributed by atoms with Crippen LogP contribution in [0.25, 0.3) is 0 Å². The van der Waals surface area contributed by atoms with Gasteiger partial charge in [0.05, 0.1) is 25.0 Å². The van der Waals surface area contributed by atoms with E-state index in [2.05, 4.69) is 27.7 Å².